The van der Waals surface area contributed by atoms with E-state index in [0.717, 1.165) is 23.4 Å². The van der Waals surface area contributed by atoms with Crippen molar-refractivity contribution in [3.63, 3.8) is 0 Å². The van der Waals surface area contributed by atoms with E-state index in [9.17, 15) is 8.42 Å². The SMILES string of the molecule is COc1ccc(C)cc1S(=O)(=O)N(Cc1nccs1)C1CC1. The Hall–Kier alpha value is -1.44. The molecule has 2 aromatic rings. The van der Waals surface area contributed by atoms with Gasteiger partial charge in [0.15, 0.2) is 0 Å². The average Bonchev–Trinajstić information content (AvgIpc) is 3.20. The molecule has 1 heterocycles. The third kappa shape index (κ3) is 3.02. The minimum absolute atomic E-state index is 0.0686. The van der Waals surface area contributed by atoms with Gasteiger partial charge in [0, 0.05) is 17.6 Å². The Bertz CT molecular complexity index is 753. The molecule has 22 heavy (non-hydrogen) atoms. The molecule has 1 fully saturated rings. The quantitative estimate of drug-likeness (QED) is 0.813. The minimum atomic E-state index is -3.60. The number of hydrogen-bond donors (Lipinski definition) is 0. The molecule has 3 rings (SSSR count). The Morgan fingerprint density at radius 3 is 2.77 bits per heavy atom. The van der Waals surface area contributed by atoms with Gasteiger partial charge >= 0.3 is 0 Å². The number of nitrogens with zero attached hydrogens (tertiary/aromatic N) is 2. The van der Waals surface area contributed by atoms with Crippen LogP contribution in [0.1, 0.15) is 23.4 Å². The number of benzene rings is 1. The van der Waals surface area contributed by atoms with Crippen molar-refractivity contribution in [2.75, 3.05) is 7.11 Å². The Morgan fingerprint density at radius 2 is 2.18 bits per heavy atom. The van der Waals surface area contributed by atoms with Gasteiger partial charge in [0.25, 0.3) is 0 Å². The smallest absolute Gasteiger partial charge is 0.247 e. The van der Waals surface area contributed by atoms with Gasteiger partial charge in [-0.2, -0.15) is 4.31 Å². The molecule has 0 aliphatic heterocycles. The third-order valence-corrected chi connectivity index (χ3v) is 6.32. The van der Waals surface area contributed by atoms with Crippen molar-refractivity contribution in [1.82, 2.24) is 9.29 Å². The van der Waals surface area contributed by atoms with Gasteiger partial charge in [0.1, 0.15) is 15.7 Å². The topological polar surface area (TPSA) is 59.5 Å². The van der Waals surface area contributed by atoms with Crippen LogP contribution in [-0.4, -0.2) is 30.9 Å². The molecule has 0 saturated heterocycles. The first-order valence-electron chi connectivity index (χ1n) is 7.07. The minimum Gasteiger partial charge on any atom is -0.495 e. The Balaban J connectivity index is 2.00. The standard InChI is InChI=1S/C15H18N2O3S2/c1-11-3-6-13(20-2)14(9-11)22(18,19)17(12-4-5-12)10-15-16-7-8-21-15/h3,6-9,12H,4-5,10H2,1-2H3. The van der Waals surface area contributed by atoms with E-state index in [1.807, 2.05) is 18.4 Å². The summed E-state index contributed by atoms with van der Waals surface area (Å²) in [6, 6.07) is 5.29. The van der Waals surface area contributed by atoms with Crippen LogP contribution in [0.5, 0.6) is 5.75 Å². The molecule has 118 valence electrons. The fraction of sp³-hybridized carbons (Fsp3) is 0.400. The van der Waals surface area contributed by atoms with Crippen molar-refractivity contribution in [1.29, 1.82) is 0 Å². The van der Waals surface area contributed by atoms with Gasteiger partial charge in [-0.25, -0.2) is 13.4 Å². The largest absolute Gasteiger partial charge is 0.495 e. The molecular formula is C15H18N2O3S2. The number of ether oxygens (including phenoxy) is 1. The summed E-state index contributed by atoms with van der Waals surface area (Å²) in [6.45, 7) is 2.20. The maximum atomic E-state index is 13.1. The van der Waals surface area contributed by atoms with Gasteiger partial charge in [0.05, 0.1) is 13.7 Å². The zero-order valence-electron chi connectivity index (χ0n) is 12.5. The molecule has 1 aromatic carbocycles. The molecule has 1 aromatic heterocycles. The molecule has 1 aliphatic carbocycles. The number of thiazole rings is 1. The molecule has 0 bridgehead atoms. The fourth-order valence-corrected chi connectivity index (χ4v) is 4.93. The number of hydrogen-bond acceptors (Lipinski definition) is 5. The molecule has 7 heteroatoms. The molecule has 0 N–H and O–H groups in total. The average molecular weight is 338 g/mol. The zero-order valence-corrected chi connectivity index (χ0v) is 14.2. The van der Waals surface area contributed by atoms with Crippen molar-refractivity contribution < 1.29 is 13.2 Å². The normalized spacial score (nSPS) is 15.2. The molecule has 0 unspecified atom stereocenters. The molecule has 1 saturated carbocycles. The lowest BCUT2D eigenvalue weighted by Gasteiger charge is -2.22. The zero-order chi connectivity index (χ0) is 15.7. The fourth-order valence-electron chi connectivity index (χ4n) is 2.35. The maximum absolute atomic E-state index is 13.1. The Kier molecular flexibility index (Phi) is 4.20. The predicted octanol–water partition coefficient (Wildman–Crippen LogP) is 2.81. The van der Waals surface area contributed by atoms with Gasteiger partial charge in [-0.3, -0.25) is 0 Å². The molecule has 0 spiro atoms. The van der Waals surface area contributed by atoms with E-state index < -0.39 is 10.0 Å². The van der Waals surface area contributed by atoms with Crippen molar-refractivity contribution in [3.8, 4) is 5.75 Å². The second-order valence-corrected chi connectivity index (χ2v) is 8.20. The molecule has 0 radical (unpaired) electrons. The number of methoxy groups -OCH3 is 1. The van der Waals surface area contributed by atoms with Crippen molar-refractivity contribution in [2.45, 2.75) is 37.2 Å². The van der Waals surface area contributed by atoms with Gasteiger partial charge < -0.3 is 4.74 Å². The highest BCUT2D eigenvalue weighted by Gasteiger charge is 2.39. The van der Waals surface area contributed by atoms with Crippen LogP contribution in [0.2, 0.25) is 0 Å². The summed E-state index contributed by atoms with van der Waals surface area (Å²) >= 11 is 1.47. The van der Waals surface area contributed by atoms with E-state index in [2.05, 4.69) is 4.98 Å². The molecule has 1 aliphatic rings. The summed E-state index contributed by atoms with van der Waals surface area (Å²) in [4.78, 5) is 4.45. The van der Waals surface area contributed by atoms with Crippen LogP contribution in [0.3, 0.4) is 0 Å². The van der Waals surface area contributed by atoms with Gasteiger partial charge in [-0.15, -0.1) is 11.3 Å². The Labute approximate surface area is 134 Å². The molecule has 0 atom stereocenters. The predicted molar refractivity (Wildman–Crippen MR) is 85.6 cm³/mol. The summed E-state index contributed by atoms with van der Waals surface area (Å²) in [6.07, 6.45) is 3.50. The van der Waals surface area contributed by atoms with Gasteiger partial charge in [-0.05, 0) is 37.5 Å². The van der Waals surface area contributed by atoms with E-state index in [0.29, 0.717) is 12.3 Å². The van der Waals surface area contributed by atoms with Crippen LogP contribution in [0.4, 0.5) is 0 Å². The monoisotopic (exact) mass is 338 g/mol. The lowest BCUT2D eigenvalue weighted by molar-refractivity contribution is 0.381. The van der Waals surface area contributed by atoms with E-state index >= 15 is 0 Å². The number of aromatic nitrogens is 1. The first-order valence-corrected chi connectivity index (χ1v) is 9.39. The van der Waals surface area contributed by atoms with Crippen LogP contribution < -0.4 is 4.74 Å². The van der Waals surface area contributed by atoms with E-state index in [1.165, 1.54) is 18.4 Å². The number of aryl methyl sites for hydroxylation is 1. The third-order valence-electron chi connectivity index (χ3n) is 3.63. The highest BCUT2D eigenvalue weighted by atomic mass is 32.2. The summed E-state index contributed by atoms with van der Waals surface area (Å²) < 4.78 is 33.0. The van der Waals surface area contributed by atoms with Crippen LogP contribution in [-0.2, 0) is 16.6 Å². The first kappa shape index (κ1) is 15.5. The van der Waals surface area contributed by atoms with Crippen molar-refractivity contribution in [3.05, 3.63) is 40.3 Å². The highest BCUT2D eigenvalue weighted by Crippen LogP contribution is 2.36. The summed E-state index contributed by atoms with van der Waals surface area (Å²) in [7, 11) is -2.11. The summed E-state index contributed by atoms with van der Waals surface area (Å²) in [5.41, 5.74) is 0.893. The van der Waals surface area contributed by atoms with Crippen LogP contribution in [0.25, 0.3) is 0 Å². The second kappa shape index (κ2) is 5.98. The first-order chi connectivity index (χ1) is 10.5. The van der Waals surface area contributed by atoms with Crippen LogP contribution in [0.15, 0.2) is 34.7 Å². The molecule has 0 amide bonds. The van der Waals surface area contributed by atoms with E-state index in [1.54, 1.807) is 22.6 Å². The van der Waals surface area contributed by atoms with Crippen LogP contribution >= 0.6 is 11.3 Å². The molecule has 5 nitrogen and oxygen atoms in total. The summed E-state index contributed by atoms with van der Waals surface area (Å²) in [5.74, 6) is 0.385. The molecular weight excluding hydrogens is 320 g/mol. The lowest BCUT2D eigenvalue weighted by Crippen LogP contribution is -2.33. The number of rotatable bonds is 6. The summed E-state index contributed by atoms with van der Waals surface area (Å²) in [5, 5.41) is 2.67. The number of sulfonamides is 1. The van der Waals surface area contributed by atoms with Gasteiger partial charge in [-0.1, -0.05) is 6.07 Å². The van der Waals surface area contributed by atoms with E-state index in [4.69, 9.17) is 4.74 Å². The van der Waals surface area contributed by atoms with Crippen LogP contribution in [0, 0.1) is 6.92 Å². The highest BCUT2D eigenvalue weighted by molar-refractivity contribution is 7.89. The lowest BCUT2D eigenvalue weighted by atomic mass is 10.2. The van der Waals surface area contributed by atoms with Crippen molar-refractivity contribution >= 4 is 21.4 Å². The second-order valence-electron chi connectivity index (χ2n) is 5.36. The van der Waals surface area contributed by atoms with Crippen molar-refractivity contribution in [2.24, 2.45) is 0 Å². The Morgan fingerprint density at radius 1 is 1.41 bits per heavy atom. The maximum Gasteiger partial charge on any atom is 0.247 e. The van der Waals surface area contributed by atoms with Gasteiger partial charge in [0.2, 0.25) is 10.0 Å². The van der Waals surface area contributed by atoms with E-state index in [-0.39, 0.29) is 10.9 Å².